The van der Waals surface area contributed by atoms with Crippen molar-refractivity contribution >= 4 is 23.6 Å². The van der Waals surface area contributed by atoms with Gasteiger partial charge in [0.25, 0.3) is 0 Å². The summed E-state index contributed by atoms with van der Waals surface area (Å²) in [4.78, 5) is 29.4. The highest BCUT2D eigenvalue weighted by molar-refractivity contribution is 6.31. The summed E-state index contributed by atoms with van der Waals surface area (Å²) in [5.74, 6) is -0.0459. The van der Waals surface area contributed by atoms with Crippen LogP contribution >= 0.6 is 11.6 Å². The zero-order valence-electron chi connectivity index (χ0n) is 17.0. The summed E-state index contributed by atoms with van der Waals surface area (Å²) in [6.45, 7) is 10.4. The SMILES string of the molecule is CC(C)N(Cc1ccccc1Cl)C(=O)[C@@H]1CCCCN1C(=O)OC(C)(C)C. The first kappa shape index (κ1) is 21.5. The van der Waals surface area contributed by atoms with Gasteiger partial charge in [-0.1, -0.05) is 29.8 Å². The average Bonchev–Trinajstić information content (AvgIpc) is 2.58. The van der Waals surface area contributed by atoms with Crippen LogP contribution < -0.4 is 0 Å². The second-order valence-corrected chi connectivity index (χ2v) is 8.74. The third-order valence-electron chi connectivity index (χ3n) is 4.62. The highest BCUT2D eigenvalue weighted by atomic mass is 35.5. The Hall–Kier alpha value is -1.75. The highest BCUT2D eigenvalue weighted by Gasteiger charge is 2.37. The molecule has 0 bridgehead atoms. The van der Waals surface area contributed by atoms with Crippen LogP contribution in [0, 0.1) is 0 Å². The molecule has 5 nitrogen and oxygen atoms in total. The van der Waals surface area contributed by atoms with Crippen LogP contribution in [0.15, 0.2) is 24.3 Å². The lowest BCUT2D eigenvalue weighted by Crippen LogP contribution is -2.55. The first-order valence-electron chi connectivity index (χ1n) is 9.63. The van der Waals surface area contributed by atoms with Gasteiger partial charge in [-0.05, 0) is 65.5 Å². The largest absolute Gasteiger partial charge is 0.444 e. The molecule has 1 atom stereocenters. The highest BCUT2D eigenvalue weighted by Crippen LogP contribution is 2.25. The van der Waals surface area contributed by atoms with Crippen molar-refractivity contribution in [1.82, 2.24) is 9.80 Å². The molecule has 0 N–H and O–H groups in total. The molecule has 27 heavy (non-hydrogen) atoms. The lowest BCUT2D eigenvalue weighted by atomic mass is 10.0. The van der Waals surface area contributed by atoms with Crippen LogP contribution in [-0.4, -0.2) is 46.0 Å². The van der Waals surface area contributed by atoms with Crippen LogP contribution in [0.5, 0.6) is 0 Å². The monoisotopic (exact) mass is 394 g/mol. The lowest BCUT2D eigenvalue weighted by Gasteiger charge is -2.39. The maximum absolute atomic E-state index is 13.4. The van der Waals surface area contributed by atoms with Crippen molar-refractivity contribution in [3.05, 3.63) is 34.9 Å². The first-order chi connectivity index (χ1) is 12.6. The fraction of sp³-hybridized carbons (Fsp3) is 0.619. The minimum atomic E-state index is -0.586. The quantitative estimate of drug-likeness (QED) is 0.732. The van der Waals surface area contributed by atoms with Gasteiger partial charge in [0.1, 0.15) is 11.6 Å². The van der Waals surface area contributed by atoms with Crippen LogP contribution in [0.3, 0.4) is 0 Å². The fourth-order valence-electron chi connectivity index (χ4n) is 3.24. The molecule has 6 heteroatoms. The second kappa shape index (κ2) is 8.96. The second-order valence-electron chi connectivity index (χ2n) is 8.34. The Kier molecular flexibility index (Phi) is 7.15. The number of carbonyl (C=O) groups excluding carboxylic acids is 2. The van der Waals surface area contributed by atoms with Crippen molar-refractivity contribution in [2.45, 2.75) is 78.1 Å². The predicted molar refractivity (Wildman–Crippen MR) is 108 cm³/mol. The first-order valence-corrected chi connectivity index (χ1v) is 10.0. The number of ether oxygens (including phenoxy) is 1. The van der Waals surface area contributed by atoms with E-state index in [1.165, 1.54) is 0 Å². The number of likely N-dealkylation sites (tertiary alicyclic amines) is 1. The van der Waals surface area contributed by atoms with E-state index in [0.717, 1.165) is 18.4 Å². The van der Waals surface area contributed by atoms with E-state index in [2.05, 4.69) is 0 Å². The summed E-state index contributed by atoms with van der Waals surface area (Å²) in [6, 6.07) is 7.05. The zero-order valence-corrected chi connectivity index (χ0v) is 17.8. The molecular weight excluding hydrogens is 364 g/mol. The Labute approximate surface area is 167 Å². The molecule has 150 valence electrons. The molecular formula is C21H31ClN2O3. The molecule has 0 spiro atoms. The Morgan fingerprint density at radius 1 is 1.26 bits per heavy atom. The molecule has 2 amide bonds. The van der Waals surface area contributed by atoms with Gasteiger partial charge in [-0.25, -0.2) is 4.79 Å². The number of halogens is 1. The molecule has 1 heterocycles. The van der Waals surface area contributed by atoms with Gasteiger partial charge in [-0.15, -0.1) is 0 Å². The number of hydrogen-bond acceptors (Lipinski definition) is 3. The average molecular weight is 395 g/mol. The minimum Gasteiger partial charge on any atom is -0.444 e. The van der Waals surface area contributed by atoms with Crippen molar-refractivity contribution < 1.29 is 14.3 Å². The van der Waals surface area contributed by atoms with Crippen LogP contribution in [-0.2, 0) is 16.1 Å². The van der Waals surface area contributed by atoms with E-state index < -0.39 is 17.7 Å². The van der Waals surface area contributed by atoms with Crippen LogP contribution in [0.1, 0.15) is 59.4 Å². The number of amides is 2. The fourth-order valence-corrected chi connectivity index (χ4v) is 3.44. The molecule has 1 aromatic carbocycles. The van der Waals surface area contributed by atoms with Crippen LogP contribution in [0.2, 0.25) is 5.02 Å². The van der Waals surface area contributed by atoms with E-state index in [4.69, 9.17) is 16.3 Å². The Morgan fingerprint density at radius 2 is 1.93 bits per heavy atom. The van der Waals surface area contributed by atoms with Gasteiger partial charge >= 0.3 is 6.09 Å². The summed E-state index contributed by atoms with van der Waals surface area (Å²) < 4.78 is 5.53. The Morgan fingerprint density at radius 3 is 2.52 bits per heavy atom. The predicted octanol–water partition coefficient (Wildman–Crippen LogP) is 4.87. The molecule has 0 aliphatic carbocycles. The van der Waals surface area contributed by atoms with E-state index in [1.807, 2.05) is 58.9 Å². The number of carbonyl (C=O) groups is 2. The van der Waals surface area contributed by atoms with E-state index >= 15 is 0 Å². The van der Waals surface area contributed by atoms with Crippen molar-refractivity contribution in [3.63, 3.8) is 0 Å². The van der Waals surface area contributed by atoms with Crippen molar-refractivity contribution in [3.8, 4) is 0 Å². The van der Waals surface area contributed by atoms with Gasteiger partial charge in [0.15, 0.2) is 0 Å². The summed E-state index contributed by atoms with van der Waals surface area (Å²) in [5, 5.41) is 0.642. The van der Waals surface area contributed by atoms with Crippen LogP contribution in [0.25, 0.3) is 0 Å². The molecule has 1 saturated heterocycles. The maximum Gasteiger partial charge on any atom is 0.410 e. The number of rotatable bonds is 4. The van der Waals surface area contributed by atoms with E-state index in [1.54, 1.807) is 9.80 Å². The van der Waals surface area contributed by atoms with Gasteiger partial charge in [-0.2, -0.15) is 0 Å². The number of nitrogens with zero attached hydrogens (tertiary/aromatic N) is 2. The minimum absolute atomic E-state index is 0.00353. The summed E-state index contributed by atoms with van der Waals surface area (Å²) >= 11 is 6.29. The lowest BCUT2D eigenvalue weighted by molar-refractivity contribution is -0.140. The Balaban J connectivity index is 2.21. The Bertz CT molecular complexity index is 670. The van der Waals surface area contributed by atoms with Gasteiger partial charge in [0.05, 0.1) is 0 Å². The molecule has 1 aromatic rings. The molecule has 0 saturated carbocycles. The molecule has 1 aliphatic heterocycles. The van der Waals surface area contributed by atoms with Crippen LogP contribution in [0.4, 0.5) is 4.79 Å². The third-order valence-corrected chi connectivity index (χ3v) is 4.99. The van der Waals surface area contributed by atoms with Crippen molar-refractivity contribution in [2.75, 3.05) is 6.54 Å². The standard InChI is InChI=1S/C21H31ClN2O3/c1-15(2)24(14-16-10-6-7-11-17(16)22)19(25)18-12-8-9-13-23(18)20(26)27-21(3,4)5/h6-7,10-11,15,18H,8-9,12-14H2,1-5H3/t18-/m0/s1. The summed E-state index contributed by atoms with van der Waals surface area (Å²) in [6.07, 6.45) is 2.05. The zero-order chi connectivity index (χ0) is 20.2. The van der Waals surface area contributed by atoms with E-state index in [0.29, 0.717) is 24.5 Å². The third kappa shape index (κ3) is 5.86. The topological polar surface area (TPSA) is 49.9 Å². The van der Waals surface area contributed by atoms with Crippen molar-refractivity contribution in [2.24, 2.45) is 0 Å². The number of piperidine rings is 1. The molecule has 1 aliphatic rings. The van der Waals surface area contributed by atoms with Crippen molar-refractivity contribution in [1.29, 1.82) is 0 Å². The smallest absolute Gasteiger partial charge is 0.410 e. The van der Waals surface area contributed by atoms with E-state index in [-0.39, 0.29) is 11.9 Å². The molecule has 0 aromatic heterocycles. The van der Waals surface area contributed by atoms with Gasteiger partial charge < -0.3 is 9.64 Å². The summed E-state index contributed by atoms with van der Waals surface area (Å²) in [7, 11) is 0. The number of benzene rings is 1. The molecule has 2 rings (SSSR count). The van der Waals surface area contributed by atoms with Gasteiger partial charge in [0.2, 0.25) is 5.91 Å². The molecule has 1 fully saturated rings. The molecule has 0 radical (unpaired) electrons. The normalized spacial score (nSPS) is 17.7. The van der Waals surface area contributed by atoms with Gasteiger partial charge in [0, 0.05) is 24.2 Å². The summed E-state index contributed by atoms with van der Waals surface area (Å²) in [5.41, 5.74) is 0.318. The van der Waals surface area contributed by atoms with Gasteiger partial charge in [-0.3, -0.25) is 9.69 Å². The van der Waals surface area contributed by atoms with E-state index in [9.17, 15) is 9.59 Å². The maximum atomic E-state index is 13.4. The number of hydrogen-bond donors (Lipinski definition) is 0. The molecule has 0 unspecified atom stereocenters.